The van der Waals surface area contributed by atoms with Gasteiger partial charge in [0.25, 0.3) is 0 Å². The summed E-state index contributed by atoms with van der Waals surface area (Å²) in [6, 6.07) is 12.3. The molecule has 3 nitrogen and oxygen atoms in total. The fourth-order valence-corrected chi connectivity index (χ4v) is 2.74. The molecule has 1 heterocycles. The molecule has 1 atom stereocenters. The lowest BCUT2D eigenvalue weighted by atomic mass is 10.00. The quantitative estimate of drug-likeness (QED) is 0.880. The predicted octanol–water partition coefficient (Wildman–Crippen LogP) is 2.79. The Kier molecular flexibility index (Phi) is 3.06. The smallest absolute Gasteiger partial charge is 0.246 e. The van der Waals surface area contributed by atoms with Crippen LogP contribution in [0.25, 0.3) is 10.8 Å². The summed E-state index contributed by atoms with van der Waals surface area (Å²) < 4.78 is 6.67. The molecule has 1 amide bonds. The zero-order chi connectivity index (χ0) is 12.5. The first kappa shape index (κ1) is 11.7. The van der Waals surface area contributed by atoms with Gasteiger partial charge in [-0.1, -0.05) is 46.3 Å². The van der Waals surface area contributed by atoms with Crippen LogP contribution in [0, 0.1) is 0 Å². The molecule has 0 aliphatic carbocycles. The number of fused-ring (bicyclic) bond motifs is 1. The summed E-state index contributed by atoms with van der Waals surface area (Å²) in [6.07, 6.45) is -0.0688. The maximum absolute atomic E-state index is 11.1. The molecule has 1 unspecified atom stereocenters. The number of hydrogen-bond donors (Lipinski definition) is 1. The minimum Gasteiger partial charge on any atom is -0.362 e. The third kappa shape index (κ3) is 2.02. The Hall–Kier alpha value is -1.39. The maximum Gasteiger partial charge on any atom is 0.246 e. The summed E-state index contributed by atoms with van der Waals surface area (Å²) in [6.45, 7) is 0.666. The summed E-state index contributed by atoms with van der Waals surface area (Å²) in [5.74, 6) is -0.0485. The predicted molar refractivity (Wildman–Crippen MR) is 73.4 cm³/mol. The van der Waals surface area contributed by atoms with Crippen molar-refractivity contribution in [3.63, 3.8) is 0 Å². The van der Waals surface area contributed by atoms with Gasteiger partial charge in [-0.25, -0.2) is 0 Å². The van der Waals surface area contributed by atoms with Crippen LogP contribution in [0.3, 0.4) is 0 Å². The Labute approximate surface area is 113 Å². The Balaban J connectivity index is 2.07. The molecule has 0 aromatic heterocycles. The van der Waals surface area contributed by atoms with E-state index in [0.29, 0.717) is 6.54 Å². The maximum atomic E-state index is 11.1. The van der Waals surface area contributed by atoms with Crippen molar-refractivity contribution in [1.82, 2.24) is 5.32 Å². The van der Waals surface area contributed by atoms with E-state index in [9.17, 15) is 4.79 Å². The molecule has 0 spiro atoms. The molecule has 1 aliphatic rings. The summed E-state index contributed by atoms with van der Waals surface area (Å²) in [5.41, 5.74) is 1.12. The van der Waals surface area contributed by atoms with Crippen LogP contribution < -0.4 is 5.32 Å². The van der Waals surface area contributed by atoms with E-state index in [4.69, 9.17) is 4.74 Å². The Morgan fingerprint density at radius 1 is 1.17 bits per heavy atom. The number of ether oxygens (including phenoxy) is 1. The number of rotatable bonds is 1. The fraction of sp³-hybridized carbons (Fsp3) is 0.214. The zero-order valence-corrected chi connectivity index (χ0v) is 11.2. The molecule has 2 aromatic carbocycles. The van der Waals surface area contributed by atoms with Crippen molar-refractivity contribution in [2.75, 3.05) is 13.2 Å². The molecule has 1 fully saturated rings. The highest BCUT2D eigenvalue weighted by Gasteiger charge is 2.21. The van der Waals surface area contributed by atoms with Gasteiger partial charge in [0.2, 0.25) is 5.91 Å². The standard InChI is InChI=1S/C14H12BrNO2/c15-12-6-5-11(9-3-1-2-4-10(9)12)13-7-16-14(17)8-18-13/h1-6,13H,7-8H2,(H,16,17). The molecule has 0 bridgehead atoms. The lowest BCUT2D eigenvalue weighted by Gasteiger charge is -2.24. The van der Waals surface area contributed by atoms with Gasteiger partial charge in [-0.15, -0.1) is 0 Å². The zero-order valence-electron chi connectivity index (χ0n) is 9.65. The molecule has 1 saturated heterocycles. The Bertz CT molecular complexity index is 602. The molecule has 3 rings (SSSR count). The van der Waals surface area contributed by atoms with E-state index in [2.05, 4.69) is 39.4 Å². The van der Waals surface area contributed by atoms with Crippen LogP contribution in [0.15, 0.2) is 40.9 Å². The van der Waals surface area contributed by atoms with E-state index in [-0.39, 0.29) is 18.6 Å². The summed E-state index contributed by atoms with van der Waals surface area (Å²) in [5, 5.41) is 5.16. The first-order chi connectivity index (χ1) is 8.75. The van der Waals surface area contributed by atoms with Crippen LogP contribution in [-0.4, -0.2) is 19.1 Å². The van der Waals surface area contributed by atoms with Gasteiger partial charge < -0.3 is 10.1 Å². The van der Waals surface area contributed by atoms with Gasteiger partial charge >= 0.3 is 0 Å². The van der Waals surface area contributed by atoms with Crippen LogP contribution in [0.1, 0.15) is 11.7 Å². The number of carbonyl (C=O) groups is 1. The lowest BCUT2D eigenvalue weighted by Crippen LogP contribution is -2.38. The van der Waals surface area contributed by atoms with Crippen molar-refractivity contribution in [3.8, 4) is 0 Å². The number of benzene rings is 2. The second-order valence-electron chi connectivity index (χ2n) is 4.29. The van der Waals surface area contributed by atoms with Crippen LogP contribution in [-0.2, 0) is 9.53 Å². The highest BCUT2D eigenvalue weighted by Crippen LogP contribution is 2.31. The number of amides is 1. The number of nitrogens with one attached hydrogen (secondary N) is 1. The van der Waals surface area contributed by atoms with E-state index >= 15 is 0 Å². The summed E-state index contributed by atoms with van der Waals surface area (Å²) >= 11 is 3.55. The normalized spacial score (nSPS) is 19.8. The first-order valence-electron chi connectivity index (χ1n) is 5.81. The van der Waals surface area contributed by atoms with E-state index in [0.717, 1.165) is 20.8 Å². The number of halogens is 1. The van der Waals surface area contributed by atoms with Crippen molar-refractivity contribution >= 4 is 32.6 Å². The molecular weight excluding hydrogens is 294 g/mol. The minimum atomic E-state index is -0.0688. The lowest BCUT2D eigenvalue weighted by molar-refractivity contribution is -0.133. The SMILES string of the molecule is O=C1COC(c2ccc(Br)c3ccccc23)CN1. The topological polar surface area (TPSA) is 38.3 Å². The second kappa shape index (κ2) is 4.71. The molecule has 0 radical (unpaired) electrons. The van der Waals surface area contributed by atoms with Gasteiger partial charge in [0.05, 0.1) is 0 Å². The molecule has 0 saturated carbocycles. The first-order valence-corrected chi connectivity index (χ1v) is 6.60. The van der Waals surface area contributed by atoms with E-state index in [1.165, 1.54) is 0 Å². The molecule has 18 heavy (non-hydrogen) atoms. The average molecular weight is 306 g/mol. The number of carbonyl (C=O) groups excluding carboxylic acids is 1. The van der Waals surface area contributed by atoms with Gasteiger partial charge in [-0.2, -0.15) is 0 Å². The largest absolute Gasteiger partial charge is 0.362 e. The van der Waals surface area contributed by atoms with Crippen LogP contribution in [0.5, 0.6) is 0 Å². The fourth-order valence-electron chi connectivity index (χ4n) is 2.26. The van der Waals surface area contributed by atoms with Crippen LogP contribution >= 0.6 is 15.9 Å². The van der Waals surface area contributed by atoms with Crippen LogP contribution in [0.2, 0.25) is 0 Å². The molecule has 2 aromatic rings. The molecular formula is C14H12BrNO2. The van der Waals surface area contributed by atoms with Gasteiger partial charge in [-0.05, 0) is 22.4 Å². The molecule has 92 valence electrons. The van der Waals surface area contributed by atoms with Crippen molar-refractivity contribution in [2.45, 2.75) is 6.10 Å². The third-order valence-electron chi connectivity index (χ3n) is 3.15. The van der Waals surface area contributed by atoms with E-state index < -0.39 is 0 Å². The monoisotopic (exact) mass is 305 g/mol. The van der Waals surface area contributed by atoms with Crippen molar-refractivity contribution < 1.29 is 9.53 Å². The second-order valence-corrected chi connectivity index (χ2v) is 5.14. The summed E-state index contributed by atoms with van der Waals surface area (Å²) in [7, 11) is 0. The van der Waals surface area contributed by atoms with Gasteiger partial charge in [-0.3, -0.25) is 4.79 Å². The number of morpholine rings is 1. The Morgan fingerprint density at radius 3 is 2.67 bits per heavy atom. The van der Waals surface area contributed by atoms with Crippen molar-refractivity contribution in [1.29, 1.82) is 0 Å². The highest BCUT2D eigenvalue weighted by molar-refractivity contribution is 9.10. The van der Waals surface area contributed by atoms with E-state index in [1.54, 1.807) is 0 Å². The summed E-state index contributed by atoms with van der Waals surface area (Å²) in [4.78, 5) is 11.1. The molecule has 1 aliphatic heterocycles. The highest BCUT2D eigenvalue weighted by atomic mass is 79.9. The third-order valence-corrected chi connectivity index (χ3v) is 3.84. The van der Waals surface area contributed by atoms with Gasteiger partial charge in [0.1, 0.15) is 12.7 Å². The molecule has 1 N–H and O–H groups in total. The van der Waals surface area contributed by atoms with E-state index in [1.807, 2.05) is 18.2 Å². The average Bonchev–Trinajstić information content (AvgIpc) is 2.41. The van der Waals surface area contributed by atoms with Crippen LogP contribution in [0.4, 0.5) is 0 Å². The minimum absolute atomic E-state index is 0.0485. The van der Waals surface area contributed by atoms with Crippen molar-refractivity contribution in [3.05, 3.63) is 46.4 Å². The number of hydrogen-bond acceptors (Lipinski definition) is 2. The van der Waals surface area contributed by atoms with Crippen molar-refractivity contribution in [2.24, 2.45) is 0 Å². The van der Waals surface area contributed by atoms with Gasteiger partial charge in [0.15, 0.2) is 0 Å². The van der Waals surface area contributed by atoms with Gasteiger partial charge in [0, 0.05) is 11.0 Å². The Morgan fingerprint density at radius 2 is 1.94 bits per heavy atom. The molecule has 4 heteroatoms.